The SMILES string of the molecule is Cc1cc(C(F)(F)F)c2c(=O)[nH]c([C@H]3CCN(C(=O)Cn4cccn4)C3)cc2n1. The van der Waals surface area contributed by atoms with Crippen LogP contribution in [0.25, 0.3) is 10.9 Å². The smallest absolute Gasteiger partial charge is 0.340 e. The highest BCUT2D eigenvalue weighted by Gasteiger charge is 2.35. The highest BCUT2D eigenvalue weighted by molar-refractivity contribution is 5.82. The molecule has 1 fully saturated rings. The molecule has 1 N–H and O–H groups in total. The van der Waals surface area contributed by atoms with Crippen molar-refractivity contribution < 1.29 is 18.0 Å². The molecule has 152 valence electrons. The zero-order chi connectivity index (χ0) is 20.8. The lowest BCUT2D eigenvalue weighted by atomic mass is 10.0. The van der Waals surface area contributed by atoms with Gasteiger partial charge in [-0.1, -0.05) is 0 Å². The number of aromatic amines is 1. The predicted molar refractivity (Wildman–Crippen MR) is 98.3 cm³/mol. The molecule has 1 aliphatic rings. The number of H-pyrrole nitrogens is 1. The van der Waals surface area contributed by atoms with Gasteiger partial charge in [-0.25, -0.2) is 0 Å². The van der Waals surface area contributed by atoms with Crippen LogP contribution >= 0.6 is 0 Å². The van der Waals surface area contributed by atoms with Crippen LogP contribution < -0.4 is 5.56 Å². The molecule has 0 unspecified atom stereocenters. The molecule has 1 aliphatic heterocycles. The van der Waals surface area contributed by atoms with E-state index in [1.807, 2.05) is 0 Å². The van der Waals surface area contributed by atoms with Crippen molar-refractivity contribution in [3.8, 4) is 0 Å². The molecule has 1 atom stereocenters. The standard InChI is InChI=1S/C19H18F3N5O2/c1-11-7-13(19(20,21)22)17-15(24-11)8-14(25-18(17)29)12-3-6-26(9-12)16(28)10-27-5-2-4-23-27/h2,4-5,7-8,12H,3,6,9-10H2,1H3,(H,25,29)/t12-/m0/s1. The minimum atomic E-state index is -4.65. The molecule has 1 amide bonds. The summed E-state index contributed by atoms with van der Waals surface area (Å²) < 4.78 is 41.6. The van der Waals surface area contributed by atoms with E-state index in [2.05, 4.69) is 15.1 Å². The number of pyridine rings is 2. The summed E-state index contributed by atoms with van der Waals surface area (Å²) in [6, 6.07) is 4.09. The first-order chi connectivity index (χ1) is 13.7. The first-order valence-corrected chi connectivity index (χ1v) is 9.09. The number of aromatic nitrogens is 4. The van der Waals surface area contributed by atoms with E-state index in [1.165, 1.54) is 17.7 Å². The second-order valence-corrected chi connectivity index (χ2v) is 7.15. The van der Waals surface area contributed by atoms with Crippen LogP contribution in [-0.4, -0.2) is 43.6 Å². The summed E-state index contributed by atoms with van der Waals surface area (Å²) in [5.74, 6) is -0.280. The van der Waals surface area contributed by atoms with Gasteiger partial charge in [-0.15, -0.1) is 0 Å². The molecule has 1 saturated heterocycles. The summed E-state index contributed by atoms with van der Waals surface area (Å²) in [7, 11) is 0. The van der Waals surface area contributed by atoms with E-state index in [4.69, 9.17) is 0 Å². The van der Waals surface area contributed by atoms with Crippen molar-refractivity contribution in [2.75, 3.05) is 13.1 Å². The lowest BCUT2D eigenvalue weighted by Crippen LogP contribution is -2.32. The number of nitrogens with one attached hydrogen (secondary N) is 1. The maximum Gasteiger partial charge on any atom is 0.417 e. The monoisotopic (exact) mass is 405 g/mol. The number of amides is 1. The maximum atomic E-state index is 13.3. The quantitative estimate of drug-likeness (QED) is 0.726. The lowest BCUT2D eigenvalue weighted by molar-refractivity contribution is -0.136. The third kappa shape index (κ3) is 3.74. The largest absolute Gasteiger partial charge is 0.417 e. The molecule has 0 bridgehead atoms. The van der Waals surface area contributed by atoms with E-state index >= 15 is 0 Å². The number of aryl methyl sites for hydroxylation is 1. The summed E-state index contributed by atoms with van der Waals surface area (Å²) in [5.41, 5.74) is -1.13. The van der Waals surface area contributed by atoms with E-state index < -0.39 is 22.7 Å². The van der Waals surface area contributed by atoms with Crippen molar-refractivity contribution in [1.82, 2.24) is 24.6 Å². The molecule has 0 aliphatic carbocycles. The van der Waals surface area contributed by atoms with Crippen molar-refractivity contribution in [1.29, 1.82) is 0 Å². The van der Waals surface area contributed by atoms with Crippen molar-refractivity contribution >= 4 is 16.8 Å². The minimum absolute atomic E-state index is 0.0115. The van der Waals surface area contributed by atoms with Gasteiger partial charge in [-0.2, -0.15) is 18.3 Å². The fourth-order valence-corrected chi connectivity index (χ4v) is 3.73. The maximum absolute atomic E-state index is 13.3. The Balaban J connectivity index is 1.62. The van der Waals surface area contributed by atoms with Crippen LogP contribution in [0.1, 0.15) is 29.3 Å². The summed E-state index contributed by atoms with van der Waals surface area (Å²) in [5, 5.41) is 3.55. The third-order valence-electron chi connectivity index (χ3n) is 5.10. The summed E-state index contributed by atoms with van der Waals surface area (Å²) in [6.07, 6.45) is -0.767. The summed E-state index contributed by atoms with van der Waals surface area (Å²) in [6.45, 7) is 2.45. The Hall–Kier alpha value is -3.17. The van der Waals surface area contributed by atoms with Crippen LogP contribution in [0.5, 0.6) is 0 Å². The third-order valence-corrected chi connectivity index (χ3v) is 5.10. The van der Waals surface area contributed by atoms with Gasteiger partial charge < -0.3 is 9.88 Å². The van der Waals surface area contributed by atoms with E-state index in [0.717, 1.165) is 6.07 Å². The number of hydrogen-bond acceptors (Lipinski definition) is 4. The normalized spacial score (nSPS) is 17.2. The first kappa shape index (κ1) is 19.2. The number of nitrogens with zero attached hydrogens (tertiary/aromatic N) is 4. The van der Waals surface area contributed by atoms with Gasteiger partial charge in [0.05, 0.1) is 16.5 Å². The number of carbonyl (C=O) groups is 1. The molecule has 0 aromatic carbocycles. The molecule has 7 nitrogen and oxygen atoms in total. The van der Waals surface area contributed by atoms with Crippen LogP contribution in [0.4, 0.5) is 13.2 Å². The highest BCUT2D eigenvalue weighted by atomic mass is 19.4. The molecule has 3 aromatic rings. The molecule has 0 saturated carbocycles. The van der Waals surface area contributed by atoms with Gasteiger partial charge in [-0.05, 0) is 31.5 Å². The fourth-order valence-electron chi connectivity index (χ4n) is 3.73. The van der Waals surface area contributed by atoms with E-state index in [0.29, 0.717) is 25.2 Å². The van der Waals surface area contributed by atoms with Crippen LogP contribution in [-0.2, 0) is 17.5 Å². The second-order valence-electron chi connectivity index (χ2n) is 7.15. The number of likely N-dealkylation sites (tertiary alicyclic amines) is 1. The molecule has 10 heteroatoms. The molecule has 0 radical (unpaired) electrons. The van der Waals surface area contributed by atoms with Crippen LogP contribution in [0.3, 0.4) is 0 Å². The van der Waals surface area contributed by atoms with E-state index in [-0.39, 0.29) is 29.6 Å². The van der Waals surface area contributed by atoms with Crippen LogP contribution in [0, 0.1) is 6.92 Å². The molecule has 29 heavy (non-hydrogen) atoms. The predicted octanol–water partition coefficient (Wildman–Crippen LogP) is 2.46. The van der Waals surface area contributed by atoms with E-state index in [1.54, 1.807) is 23.4 Å². The van der Waals surface area contributed by atoms with Gasteiger partial charge in [0.2, 0.25) is 5.91 Å². The number of rotatable bonds is 3. The van der Waals surface area contributed by atoms with Gasteiger partial charge in [0.25, 0.3) is 5.56 Å². The molecule has 0 spiro atoms. The summed E-state index contributed by atoms with van der Waals surface area (Å²) >= 11 is 0. The fraction of sp³-hybridized carbons (Fsp3) is 0.368. The van der Waals surface area contributed by atoms with Crippen molar-refractivity contribution in [2.24, 2.45) is 0 Å². The minimum Gasteiger partial charge on any atom is -0.340 e. The van der Waals surface area contributed by atoms with Gasteiger partial charge in [0, 0.05) is 42.8 Å². The number of hydrogen-bond donors (Lipinski definition) is 1. The van der Waals surface area contributed by atoms with Crippen molar-refractivity contribution in [3.05, 3.63) is 57.9 Å². The highest BCUT2D eigenvalue weighted by Crippen LogP contribution is 2.34. The number of alkyl halides is 3. The molecule has 3 aromatic heterocycles. The Kier molecular flexibility index (Phi) is 4.64. The van der Waals surface area contributed by atoms with Crippen LogP contribution in [0.2, 0.25) is 0 Å². The molecule has 4 rings (SSSR count). The Bertz CT molecular complexity index is 1120. The lowest BCUT2D eigenvalue weighted by Gasteiger charge is -2.17. The van der Waals surface area contributed by atoms with Gasteiger partial charge in [-0.3, -0.25) is 19.3 Å². The zero-order valence-corrected chi connectivity index (χ0v) is 15.5. The number of halogens is 3. The Labute approximate surface area is 163 Å². The number of carbonyl (C=O) groups excluding carboxylic acids is 1. The summed E-state index contributed by atoms with van der Waals surface area (Å²) in [4.78, 5) is 33.3. The Morgan fingerprint density at radius 1 is 1.34 bits per heavy atom. The van der Waals surface area contributed by atoms with Gasteiger partial charge in [0.15, 0.2) is 0 Å². The number of fused-ring (bicyclic) bond motifs is 1. The zero-order valence-electron chi connectivity index (χ0n) is 15.5. The molecular formula is C19H18F3N5O2. The van der Waals surface area contributed by atoms with Gasteiger partial charge in [0.1, 0.15) is 6.54 Å². The molecule has 4 heterocycles. The van der Waals surface area contributed by atoms with E-state index in [9.17, 15) is 22.8 Å². The van der Waals surface area contributed by atoms with Crippen LogP contribution in [0.15, 0.2) is 35.4 Å². The Morgan fingerprint density at radius 2 is 2.14 bits per heavy atom. The molecular weight excluding hydrogens is 387 g/mol. The van der Waals surface area contributed by atoms with Gasteiger partial charge >= 0.3 is 6.18 Å². The Morgan fingerprint density at radius 3 is 2.83 bits per heavy atom. The van der Waals surface area contributed by atoms with Crippen molar-refractivity contribution in [2.45, 2.75) is 32.0 Å². The second kappa shape index (κ2) is 7.02. The first-order valence-electron chi connectivity index (χ1n) is 9.09. The topological polar surface area (TPSA) is 83.9 Å². The average molecular weight is 405 g/mol. The van der Waals surface area contributed by atoms with Crippen molar-refractivity contribution in [3.63, 3.8) is 0 Å². The average Bonchev–Trinajstić information content (AvgIpc) is 3.31.